The molecule has 0 spiro atoms. The molecule has 3 N–H and O–H groups in total. The number of benzene rings is 1. The van der Waals surface area contributed by atoms with Gasteiger partial charge in [0.2, 0.25) is 0 Å². The zero-order valence-corrected chi connectivity index (χ0v) is 18.2. The van der Waals surface area contributed by atoms with E-state index in [0.29, 0.717) is 24.5 Å². The number of hydrogen-bond acceptors (Lipinski definition) is 6. The van der Waals surface area contributed by atoms with Gasteiger partial charge in [-0.3, -0.25) is 0 Å². The minimum Gasteiger partial charge on any atom is -0.497 e. The summed E-state index contributed by atoms with van der Waals surface area (Å²) < 4.78 is 5.18. The number of aryl methyl sites for hydroxylation is 3. The number of rotatable bonds is 7. The molecule has 0 saturated carbocycles. The molecule has 2 aromatic heterocycles. The molecular weight excluding hydrogens is 398 g/mol. The molecule has 4 rings (SSSR count). The first-order valence-corrected chi connectivity index (χ1v) is 11.2. The van der Waals surface area contributed by atoms with Gasteiger partial charge < -0.3 is 20.7 Å². The molecular formula is C22H27N5O2S. The van der Waals surface area contributed by atoms with Crippen LogP contribution in [0.2, 0.25) is 0 Å². The summed E-state index contributed by atoms with van der Waals surface area (Å²) in [7, 11) is 1.60. The van der Waals surface area contributed by atoms with E-state index in [1.165, 1.54) is 28.7 Å². The van der Waals surface area contributed by atoms with Gasteiger partial charge in [0.05, 0.1) is 12.5 Å². The summed E-state index contributed by atoms with van der Waals surface area (Å²) in [6.45, 7) is 3.14. The first kappa shape index (κ1) is 20.4. The standard InChI is InChI=1S/C22H27N5O2S/c1-3-18-26-20(19-16-9-4-5-10-17(16)30-21(19)27-18)23-11-12-24-22(28)25-14-7-6-8-15(13-14)29-2/h6-8,13H,3-5,9-12H2,1-2H3,(H,23,26,27)(H2,24,25,28). The van der Waals surface area contributed by atoms with Gasteiger partial charge in [-0.2, -0.15) is 0 Å². The number of carbonyl (C=O) groups excluding carboxylic acids is 1. The fourth-order valence-electron chi connectivity index (χ4n) is 3.72. The van der Waals surface area contributed by atoms with Crippen molar-refractivity contribution in [3.63, 3.8) is 0 Å². The number of hydrogen-bond donors (Lipinski definition) is 3. The van der Waals surface area contributed by atoms with Crippen LogP contribution >= 0.6 is 11.3 Å². The molecule has 7 nitrogen and oxygen atoms in total. The van der Waals surface area contributed by atoms with Gasteiger partial charge in [0.15, 0.2) is 0 Å². The number of carbonyl (C=O) groups is 1. The van der Waals surface area contributed by atoms with E-state index in [0.717, 1.165) is 35.7 Å². The summed E-state index contributed by atoms with van der Waals surface area (Å²) in [5.74, 6) is 2.45. The molecule has 0 saturated heterocycles. The average molecular weight is 426 g/mol. The summed E-state index contributed by atoms with van der Waals surface area (Å²) >= 11 is 1.81. The van der Waals surface area contributed by atoms with Crippen LogP contribution in [0.3, 0.4) is 0 Å². The lowest BCUT2D eigenvalue weighted by atomic mass is 9.97. The normalized spacial score (nSPS) is 13.0. The minimum atomic E-state index is -0.250. The Morgan fingerprint density at radius 2 is 2.07 bits per heavy atom. The monoisotopic (exact) mass is 425 g/mol. The van der Waals surface area contributed by atoms with Gasteiger partial charge >= 0.3 is 6.03 Å². The van der Waals surface area contributed by atoms with Crippen LogP contribution in [-0.4, -0.2) is 36.2 Å². The molecule has 0 fully saturated rings. The highest BCUT2D eigenvalue weighted by Gasteiger charge is 2.20. The summed E-state index contributed by atoms with van der Waals surface area (Å²) in [6, 6.07) is 7.03. The third-order valence-electron chi connectivity index (χ3n) is 5.21. The minimum absolute atomic E-state index is 0.250. The van der Waals surface area contributed by atoms with Crippen molar-refractivity contribution in [1.29, 1.82) is 0 Å². The van der Waals surface area contributed by atoms with Crippen molar-refractivity contribution in [3.8, 4) is 5.75 Å². The van der Waals surface area contributed by atoms with E-state index in [-0.39, 0.29) is 6.03 Å². The number of nitrogens with one attached hydrogen (secondary N) is 3. The molecule has 1 aromatic carbocycles. The molecule has 2 heterocycles. The summed E-state index contributed by atoms with van der Waals surface area (Å²) in [5.41, 5.74) is 2.10. The molecule has 0 atom stereocenters. The van der Waals surface area contributed by atoms with Crippen LogP contribution in [0.25, 0.3) is 10.2 Å². The number of thiophene rings is 1. The van der Waals surface area contributed by atoms with Gasteiger partial charge in [-0.1, -0.05) is 13.0 Å². The molecule has 2 amide bonds. The Kier molecular flexibility index (Phi) is 6.32. The molecule has 1 aliphatic rings. The highest BCUT2D eigenvalue weighted by atomic mass is 32.1. The molecule has 0 radical (unpaired) electrons. The maximum atomic E-state index is 12.2. The van der Waals surface area contributed by atoms with E-state index in [1.807, 2.05) is 29.5 Å². The first-order chi connectivity index (χ1) is 14.7. The van der Waals surface area contributed by atoms with Crippen molar-refractivity contribution < 1.29 is 9.53 Å². The van der Waals surface area contributed by atoms with Crippen molar-refractivity contribution >= 4 is 39.1 Å². The molecule has 1 aliphatic carbocycles. The molecule has 30 heavy (non-hydrogen) atoms. The largest absolute Gasteiger partial charge is 0.497 e. The summed E-state index contributed by atoms with van der Waals surface area (Å²) in [4.78, 5) is 24.2. The summed E-state index contributed by atoms with van der Waals surface area (Å²) in [6.07, 6.45) is 5.51. The van der Waals surface area contributed by atoms with Crippen molar-refractivity contribution in [1.82, 2.24) is 15.3 Å². The Morgan fingerprint density at radius 1 is 1.20 bits per heavy atom. The fourth-order valence-corrected chi connectivity index (χ4v) is 5.00. The molecule has 158 valence electrons. The Bertz CT molecular complexity index is 1050. The maximum absolute atomic E-state index is 12.2. The van der Waals surface area contributed by atoms with E-state index >= 15 is 0 Å². The number of urea groups is 1. The number of amides is 2. The first-order valence-electron chi connectivity index (χ1n) is 10.4. The van der Waals surface area contributed by atoms with Gasteiger partial charge in [-0.05, 0) is 43.4 Å². The Labute approximate surface area is 180 Å². The number of ether oxygens (including phenoxy) is 1. The Morgan fingerprint density at radius 3 is 2.90 bits per heavy atom. The van der Waals surface area contributed by atoms with Gasteiger partial charge in [0.1, 0.15) is 22.2 Å². The zero-order chi connectivity index (χ0) is 20.9. The molecule has 0 unspecified atom stereocenters. The fraction of sp³-hybridized carbons (Fsp3) is 0.409. The van der Waals surface area contributed by atoms with Crippen LogP contribution in [0.15, 0.2) is 24.3 Å². The van der Waals surface area contributed by atoms with E-state index in [2.05, 4.69) is 22.9 Å². The van der Waals surface area contributed by atoms with E-state index in [4.69, 9.17) is 14.7 Å². The van der Waals surface area contributed by atoms with Gasteiger partial charge in [-0.25, -0.2) is 14.8 Å². The van der Waals surface area contributed by atoms with Crippen LogP contribution in [0, 0.1) is 0 Å². The lowest BCUT2D eigenvalue weighted by molar-refractivity contribution is 0.252. The van der Waals surface area contributed by atoms with Gasteiger partial charge in [0.25, 0.3) is 0 Å². The summed E-state index contributed by atoms with van der Waals surface area (Å²) in [5, 5.41) is 10.3. The van der Waals surface area contributed by atoms with Gasteiger partial charge in [-0.15, -0.1) is 11.3 Å². The lowest BCUT2D eigenvalue weighted by Crippen LogP contribution is -2.32. The van der Waals surface area contributed by atoms with Crippen molar-refractivity contribution in [2.75, 3.05) is 30.8 Å². The SMILES string of the molecule is CCc1nc(NCCNC(=O)Nc2cccc(OC)c2)c2c3c(sc2n1)CCCC3. The Balaban J connectivity index is 1.38. The second-order valence-corrected chi connectivity index (χ2v) is 8.36. The quantitative estimate of drug-likeness (QED) is 0.489. The van der Waals surface area contributed by atoms with Crippen LogP contribution in [0.5, 0.6) is 5.75 Å². The average Bonchev–Trinajstić information content (AvgIpc) is 3.15. The van der Waals surface area contributed by atoms with Crippen molar-refractivity contribution in [2.45, 2.75) is 39.0 Å². The zero-order valence-electron chi connectivity index (χ0n) is 17.4. The second-order valence-electron chi connectivity index (χ2n) is 7.27. The van der Waals surface area contributed by atoms with E-state index < -0.39 is 0 Å². The number of fused-ring (bicyclic) bond motifs is 3. The highest BCUT2D eigenvalue weighted by molar-refractivity contribution is 7.19. The predicted octanol–water partition coefficient (Wildman–Crippen LogP) is 4.37. The van der Waals surface area contributed by atoms with Crippen molar-refractivity contribution in [3.05, 3.63) is 40.5 Å². The predicted molar refractivity (Wildman–Crippen MR) is 122 cm³/mol. The third-order valence-corrected chi connectivity index (χ3v) is 6.39. The smallest absolute Gasteiger partial charge is 0.319 e. The number of nitrogens with zero attached hydrogens (tertiary/aromatic N) is 2. The van der Waals surface area contributed by atoms with E-state index in [9.17, 15) is 4.79 Å². The molecule has 0 bridgehead atoms. The van der Waals surface area contributed by atoms with Crippen LogP contribution < -0.4 is 20.7 Å². The second kappa shape index (κ2) is 9.30. The highest BCUT2D eigenvalue weighted by Crippen LogP contribution is 2.38. The van der Waals surface area contributed by atoms with Crippen LogP contribution in [0.4, 0.5) is 16.3 Å². The third kappa shape index (κ3) is 4.48. The maximum Gasteiger partial charge on any atom is 0.319 e. The van der Waals surface area contributed by atoms with Crippen molar-refractivity contribution in [2.24, 2.45) is 0 Å². The number of anilines is 2. The molecule has 3 aromatic rings. The lowest BCUT2D eigenvalue weighted by Gasteiger charge is -2.13. The van der Waals surface area contributed by atoms with E-state index in [1.54, 1.807) is 13.2 Å². The molecule has 0 aliphatic heterocycles. The number of aromatic nitrogens is 2. The molecule has 8 heteroatoms. The Hall–Kier alpha value is -2.87. The van der Waals surface area contributed by atoms with Crippen LogP contribution in [0.1, 0.15) is 36.0 Å². The topological polar surface area (TPSA) is 88.2 Å². The van der Waals surface area contributed by atoms with Gasteiger partial charge in [0, 0.05) is 36.1 Å². The number of methoxy groups -OCH3 is 1. The van der Waals surface area contributed by atoms with Crippen LogP contribution in [-0.2, 0) is 19.3 Å².